The highest BCUT2D eigenvalue weighted by Gasteiger charge is 2.73. The summed E-state index contributed by atoms with van der Waals surface area (Å²) in [6, 6.07) is 4.62. The molecule has 158 valence electrons. The Morgan fingerprint density at radius 3 is 2.43 bits per heavy atom. The number of nitro benzene ring substituents is 1. The summed E-state index contributed by atoms with van der Waals surface area (Å²) >= 11 is 0. The largest absolute Gasteiger partial charge is 0.342 e. The number of benzene rings is 1. The Balaban J connectivity index is 1.70. The fourth-order valence-electron chi connectivity index (χ4n) is 6.16. The van der Waals surface area contributed by atoms with Crippen LogP contribution in [0.15, 0.2) is 18.2 Å². The van der Waals surface area contributed by atoms with Crippen LogP contribution in [-0.4, -0.2) is 38.8 Å². The molecule has 1 aromatic heterocycles. The van der Waals surface area contributed by atoms with Gasteiger partial charge in [0.2, 0.25) is 5.91 Å². The predicted molar refractivity (Wildman–Crippen MR) is 113 cm³/mol. The molecule has 1 amide bonds. The highest BCUT2D eigenvalue weighted by Crippen LogP contribution is 2.70. The zero-order valence-corrected chi connectivity index (χ0v) is 18.1. The van der Waals surface area contributed by atoms with E-state index in [-0.39, 0.29) is 22.4 Å². The number of likely N-dealkylation sites (tertiary alicyclic amines) is 1. The normalized spacial score (nSPS) is 29.9. The van der Waals surface area contributed by atoms with Crippen molar-refractivity contribution in [3.05, 3.63) is 39.7 Å². The maximum atomic E-state index is 14.1. The van der Waals surface area contributed by atoms with Crippen molar-refractivity contribution >= 4 is 22.6 Å². The molecule has 1 aromatic carbocycles. The van der Waals surface area contributed by atoms with Crippen molar-refractivity contribution in [1.29, 1.82) is 0 Å². The smallest absolute Gasteiger partial charge is 0.271 e. The second-order valence-electron chi connectivity index (χ2n) is 10.2. The van der Waals surface area contributed by atoms with Gasteiger partial charge in [0, 0.05) is 30.6 Å². The fraction of sp³-hybridized carbons (Fsp3) is 0.609. The highest BCUT2D eigenvalue weighted by molar-refractivity contribution is 5.93. The Hall–Kier alpha value is -2.57. The van der Waals surface area contributed by atoms with Crippen molar-refractivity contribution in [1.82, 2.24) is 14.9 Å². The maximum absolute atomic E-state index is 14.1. The van der Waals surface area contributed by atoms with Crippen LogP contribution in [0.3, 0.4) is 0 Å². The van der Waals surface area contributed by atoms with E-state index in [9.17, 15) is 14.9 Å². The molecule has 1 saturated carbocycles. The molecular formula is C23H28N4O3. The summed E-state index contributed by atoms with van der Waals surface area (Å²) in [7, 11) is 0. The molecule has 1 aliphatic heterocycles. The minimum absolute atomic E-state index is 0.00391. The lowest BCUT2D eigenvalue weighted by Crippen LogP contribution is -2.54. The molecular weight excluding hydrogens is 380 g/mol. The predicted octanol–water partition coefficient (Wildman–Crippen LogP) is 4.13. The van der Waals surface area contributed by atoms with E-state index in [4.69, 9.17) is 9.97 Å². The van der Waals surface area contributed by atoms with Crippen LogP contribution in [0, 0.1) is 21.4 Å². The summed E-state index contributed by atoms with van der Waals surface area (Å²) in [5.74, 6) is 0.814. The van der Waals surface area contributed by atoms with Crippen LogP contribution in [0.4, 0.5) is 5.69 Å². The Labute approximate surface area is 176 Å². The van der Waals surface area contributed by atoms with Gasteiger partial charge in [0.1, 0.15) is 0 Å². The van der Waals surface area contributed by atoms with E-state index in [0.29, 0.717) is 17.0 Å². The number of hydrogen-bond donors (Lipinski definition) is 0. The SMILES string of the molecule is CC1CCN(C(=O)C23CCC(C)(c4nc5ccc([N+](=O)[O-])cc5nc42)C3(C)C)CC1. The molecule has 2 atom stereocenters. The molecule has 5 rings (SSSR count). The average Bonchev–Trinajstić information content (AvgIpc) is 3.01. The molecule has 0 spiro atoms. The van der Waals surface area contributed by atoms with Crippen LogP contribution in [0.1, 0.15) is 64.8 Å². The van der Waals surface area contributed by atoms with Crippen molar-refractivity contribution < 1.29 is 9.72 Å². The molecule has 1 saturated heterocycles. The van der Waals surface area contributed by atoms with E-state index >= 15 is 0 Å². The number of piperidine rings is 1. The summed E-state index contributed by atoms with van der Waals surface area (Å²) < 4.78 is 0. The quantitative estimate of drug-likeness (QED) is 0.551. The number of aromatic nitrogens is 2. The number of rotatable bonds is 2. The molecule has 2 aromatic rings. The fourth-order valence-corrected chi connectivity index (χ4v) is 6.16. The van der Waals surface area contributed by atoms with Crippen molar-refractivity contribution in [3.8, 4) is 0 Å². The van der Waals surface area contributed by atoms with Crippen LogP contribution < -0.4 is 0 Å². The van der Waals surface area contributed by atoms with E-state index in [1.807, 2.05) is 4.90 Å². The Kier molecular flexibility index (Phi) is 3.87. The summed E-state index contributed by atoms with van der Waals surface area (Å²) in [6.45, 7) is 10.4. The van der Waals surface area contributed by atoms with Crippen molar-refractivity contribution in [3.63, 3.8) is 0 Å². The third-order valence-corrected chi connectivity index (χ3v) is 8.67. The van der Waals surface area contributed by atoms with Gasteiger partial charge in [-0.25, -0.2) is 9.97 Å². The van der Waals surface area contributed by atoms with E-state index < -0.39 is 10.3 Å². The van der Waals surface area contributed by atoms with E-state index in [1.54, 1.807) is 6.07 Å². The van der Waals surface area contributed by atoms with Crippen LogP contribution in [0.25, 0.3) is 11.0 Å². The van der Waals surface area contributed by atoms with E-state index in [2.05, 4.69) is 27.7 Å². The molecule has 7 heteroatoms. The van der Waals surface area contributed by atoms with Gasteiger partial charge in [0.05, 0.1) is 32.8 Å². The minimum Gasteiger partial charge on any atom is -0.342 e. The summed E-state index contributed by atoms with van der Waals surface area (Å²) in [5.41, 5.74) is 1.50. The van der Waals surface area contributed by atoms with Gasteiger partial charge in [0.15, 0.2) is 0 Å². The number of carbonyl (C=O) groups is 1. The third kappa shape index (κ3) is 2.18. The lowest BCUT2D eigenvalue weighted by atomic mass is 9.63. The van der Waals surface area contributed by atoms with Gasteiger partial charge in [0.25, 0.3) is 5.69 Å². The monoisotopic (exact) mass is 408 g/mol. The zero-order valence-electron chi connectivity index (χ0n) is 18.1. The molecule has 2 bridgehead atoms. The number of nitrogens with zero attached hydrogens (tertiary/aromatic N) is 4. The number of non-ortho nitro benzene ring substituents is 1. The van der Waals surface area contributed by atoms with Gasteiger partial charge in [-0.1, -0.05) is 27.7 Å². The number of amides is 1. The molecule has 0 N–H and O–H groups in total. The van der Waals surface area contributed by atoms with Crippen molar-refractivity contribution in [2.24, 2.45) is 11.3 Å². The second-order valence-corrected chi connectivity index (χ2v) is 10.2. The molecule has 0 radical (unpaired) electrons. The Morgan fingerprint density at radius 2 is 1.77 bits per heavy atom. The molecule has 2 heterocycles. The van der Waals surface area contributed by atoms with Crippen LogP contribution in [0.2, 0.25) is 0 Å². The molecule has 2 unspecified atom stereocenters. The number of carbonyl (C=O) groups excluding carboxylic acids is 1. The van der Waals surface area contributed by atoms with Gasteiger partial charge >= 0.3 is 0 Å². The topological polar surface area (TPSA) is 89.2 Å². The summed E-state index contributed by atoms with van der Waals surface area (Å²) in [5, 5.41) is 11.3. The lowest BCUT2D eigenvalue weighted by molar-refractivity contribution is -0.384. The Morgan fingerprint density at radius 1 is 1.10 bits per heavy atom. The molecule has 2 fully saturated rings. The van der Waals surface area contributed by atoms with E-state index in [1.165, 1.54) is 12.1 Å². The lowest BCUT2D eigenvalue weighted by Gasteiger charge is -2.43. The van der Waals surface area contributed by atoms with Crippen molar-refractivity contribution in [2.45, 2.75) is 64.2 Å². The molecule has 3 aliphatic rings. The first kappa shape index (κ1) is 19.4. The molecule has 7 nitrogen and oxygen atoms in total. The van der Waals surface area contributed by atoms with E-state index in [0.717, 1.165) is 50.2 Å². The van der Waals surface area contributed by atoms with Gasteiger partial charge in [-0.05, 0) is 43.1 Å². The van der Waals surface area contributed by atoms with Crippen molar-refractivity contribution in [2.75, 3.05) is 13.1 Å². The van der Waals surface area contributed by atoms with Gasteiger partial charge in [-0.2, -0.15) is 0 Å². The number of fused-ring (bicyclic) bond motifs is 6. The standard InChI is InChI=1S/C23H28N4O3/c1-14-7-11-26(12-8-14)20(28)23-10-9-22(4,21(23,2)3)18-19(23)25-17-13-15(27(29)30)5-6-16(17)24-18/h5-6,13-14H,7-12H2,1-4H3. The Bertz CT molecular complexity index is 1090. The molecule has 30 heavy (non-hydrogen) atoms. The van der Waals surface area contributed by atoms with Gasteiger partial charge < -0.3 is 4.90 Å². The highest BCUT2D eigenvalue weighted by atomic mass is 16.6. The first-order valence-electron chi connectivity index (χ1n) is 10.9. The number of nitro groups is 1. The summed E-state index contributed by atoms with van der Waals surface area (Å²) in [6.07, 6.45) is 3.71. The minimum atomic E-state index is -0.719. The average molecular weight is 409 g/mol. The zero-order chi connectivity index (χ0) is 21.5. The van der Waals surface area contributed by atoms with Gasteiger partial charge in [-0.3, -0.25) is 14.9 Å². The first-order valence-corrected chi connectivity index (χ1v) is 10.9. The maximum Gasteiger partial charge on any atom is 0.271 e. The van der Waals surface area contributed by atoms with Crippen LogP contribution in [0.5, 0.6) is 0 Å². The summed E-state index contributed by atoms with van der Waals surface area (Å²) in [4.78, 5) is 36.8. The van der Waals surface area contributed by atoms with Gasteiger partial charge in [-0.15, -0.1) is 0 Å². The third-order valence-electron chi connectivity index (χ3n) is 8.67. The molecule has 2 aliphatic carbocycles. The van der Waals surface area contributed by atoms with Crippen LogP contribution >= 0.6 is 0 Å². The van der Waals surface area contributed by atoms with Crippen LogP contribution in [-0.2, 0) is 15.6 Å². The second kappa shape index (κ2) is 5.99. The number of hydrogen-bond acceptors (Lipinski definition) is 5. The first-order chi connectivity index (χ1) is 14.1.